The van der Waals surface area contributed by atoms with Crippen LogP contribution in [0.15, 0.2) is 102 Å². The first-order chi connectivity index (χ1) is 17.6. The molecule has 0 aliphatic carbocycles. The van der Waals surface area contributed by atoms with E-state index in [0.717, 1.165) is 39.4 Å². The van der Waals surface area contributed by atoms with Crippen molar-refractivity contribution in [1.29, 1.82) is 0 Å². The molecule has 1 aliphatic heterocycles. The van der Waals surface area contributed by atoms with Gasteiger partial charge >= 0.3 is 0 Å². The number of fused-ring (bicyclic) bond motifs is 2. The van der Waals surface area contributed by atoms with E-state index in [-0.39, 0.29) is 17.7 Å². The Labute approximate surface area is 213 Å². The van der Waals surface area contributed by atoms with Gasteiger partial charge < -0.3 is 4.57 Å². The monoisotopic (exact) mass is 488 g/mol. The van der Waals surface area contributed by atoms with E-state index in [9.17, 15) is 9.59 Å². The minimum atomic E-state index is -0.237. The summed E-state index contributed by atoms with van der Waals surface area (Å²) in [5.74, 6) is -0.237. The Bertz CT molecular complexity index is 1680. The fourth-order valence-electron chi connectivity index (χ4n) is 4.87. The van der Waals surface area contributed by atoms with Crippen LogP contribution in [0.3, 0.4) is 0 Å². The number of carbonyl (C=O) groups is 2. The number of aromatic nitrogens is 1. The minimum Gasteiger partial charge on any atom is -0.342 e. The number of nitrogens with zero attached hydrogens (tertiary/aromatic N) is 2. The number of hydrogen-bond donors (Lipinski definition) is 0. The number of imide groups is 1. The number of carbonyl (C=O) groups excluding carboxylic acids is 2. The van der Waals surface area contributed by atoms with Crippen molar-refractivity contribution in [2.24, 2.45) is 0 Å². The Kier molecular flexibility index (Phi) is 5.70. The zero-order chi connectivity index (χ0) is 24.6. The van der Waals surface area contributed by atoms with Crippen molar-refractivity contribution in [2.45, 2.75) is 20.0 Å². The summed E-state index contributed by atoms with van der Waals surface area (Å²) >= 11 is 1.01. The van der Waals surface area contributed by atoms with E-state index in [1.165, 1.54) is 21.2 Å². The van der Waals surface area contributed by atoms with Gasteiger partial charge in [-0.15, -0.1) is 0 Å². The Hall–Kier alpha value is -4.09. The molecular formula is C31H24N2O2S. The fourth-order valence-corrected chi connectivity index (χ4v) is 5.70. The van der Waals surface area contributed by atoms with E-state index in [4.69, 9.17) is 0 Å². The van der Waals surface area contributed by atoms with Crippen molar-refractivity contribution in [2.75, 3.05) is 0 Å². The van der Waals surface area contributed by atoms with Crippen molar-refractivity contribution >= 4 is 50.7 Å². The van der Waals surface area contributed by atoms with Crippen LogP contribution in [0, 0.1) is 6.92 Å². The molecule has 0 bridgehead atoms. The molecule has 0 atom stereocenters. The van der Waals surface area contributed by atoms with Crippen LogP contribution in [0.5, 0.6) is 0 Å². The summed E-state index contributed by atoms with van der Waals surface area (Å²) in [5.41, 5.74) is 5.31. The Balaban J connectivity index is 1.35. The quantitative estimate of drug-likeness (QED) is 0.242. The lowest BCUT2D eigenvalue weighted by atomic mass is 10.0. The van der Waals surface area contributed by atoms with Gasteiger partial charge in [-0.2, -0.15) is 0 Å². The standard InChI is InChI=1S/C31H24N2O2S/c1-21-9-2-3-11-23(21)20-33-30(34)29(36-31(33)35)17-25-19-32(28-16-7-6-15-27(25)28)18-24-13-8-12-22-10-4-5-14-26(22)24/h2-17,19H,18,20H2,1H3/b29-17-. The summed E-state index contributed by atoms with van der Waals surface area (Å²) in [7, 11) is 0. The Morgan fingerprint density at radius 1 is 0.750 bits per heavy atom. The molecule has 1 aromatic heterocycles. The lowest BCUT2D eigenvalue weighted by Gasteiger charge is -2.14. The average molecular weight is 489 g/mol. The summed E-state index contributed by atoms with van der Waals surface area (Å²) in [6.07, 6.45) is 3.95. The van der Waals surface area contributed by atoms with Gasteiger partial charge in [0.2, 0.25) is 0 Å². The Morgan fingerprint density at radius 3 is 2.31 bits per heavy atom. The molecule has 176 valence electrons. The maximum Gasteiger partial charge on any atom is 0.293 e. The third kappa shape index (κ3) is 4.01. The molecule has 0 saturated carbocycles. The lowest BCUT2D eigenvalue weighted by Crippen LogP contribution is -2.27. The number of hydrogen-bond acceptors (Lipinski definition) is 3. The summed E-state index contributed by atoms with van der Waals surface area (Å²) in [6.45, 7) is 3.00. The van der Waals surface area contributed by atoms with Crippen LogP contribution in [-0.2, 0) is 17.9 Å². The smallest absolute Gasteiger partial charge is 0.293 e. The maximum absolute atomic E-state index is 13.2. The molecule has 4 nitrogen and oxygen atoms in total. The molecule has 0 radical (unpaired) electrons. The van der Waals surface area contributed by atoms with Crippen molar-refractivity contribution < 1.29 is 9.59 Å². The zero-order valence-electron chi connectivity index (χ0n) is 19.8. The lowest BCUT2D eigenvalue weighted by molar-refractivity contribution is -0.123. The summed E-state index contributed by atoms with van der Waals surface area (Å²) in [5, 5.41) is 3.28. The van der Waals surface area contributed by atoms with Crippen molar-refractivity contribution in [3.63, 3.8) is 0 Å². The van der Waals surface area contributed by atoms with E-state index in [0.29, 0.717) is 11.4 Å². The van der Waals surface area contributed by atoms with Gasteiger partial charge in [0, 0.05) is 29.2 Å². The van der Waals surface area contributed by atoms with Gasteiger partial charge in [0.25, 0.3) is 11.1 Å². The molecule has 0 unspecified atom stereocenters. The zero-order valence-corrected chi connectivity index (χ0v) is 20.7. The molecule has 5 heteroatoms. The first kappa shape index (κ1) is 22.4. The summed E-state index contributed by atoms with van der Waals surface area (Å²) in [4.78, 5) is 27.8. The molecule has 4 aromatic carbocycles. The molecule has 36 heavy (non-hydrogen) atoms. The van der Waals surface area contributed by atoms with Crippen LogP contribution in [-0.4, -0.2) is 20.6 Å². The highest BCUT2D eigenvalue weighted by Gasteiger charge is 2.35. The van der Waals surface area contributed by atoms with Gasteiger partial charge in [-0.1, -0.05) is 84.9 Å². The van der Waals surface area contributed by atoms with E-state index >= 15 is 0 Å². The summed E-state index contributed by atoms with van der Waals surface area (Å²) < 4.78 is 2.22. The van der Waals surface area contributed by atoms with Crippen molar-refractivity contribution in [3.05, 3.63) is 124 Å². The summed E-state index contributed by atoms with van der Waals surface area (Å²) in [6, 6.07) is 30.8. The highest BCUT2D eigenvalue weighted by atomic mass is 32.2. The largest absolute Gasteiger partial charge is 0.342 e. The van der Waals surface area contributed by atoms with Crippen LogP contribution in [0.4, 0.5) is 4.79 Å². The van der Waals surface area contributed by atoms with E-state index < -0.39 is 0 Å². The predicted octanol–water partition coefficient (Wildman–Crippen LogP) is 7.39. The molecule has 6 rings (SSSR count). The van der Waals surface area contributed by atoms with Crippen LogP contribution in [0.2, 0.25) is 0 Å². The van der Waals surface area contributed by atoms with Gasteiger partial charge in [-0.05, 0) is 58.3 Å². The molecule has 0 N–H and O–H groups in total. The third-order valence-electron chi connectivity index (χ3n) is 6.79. The number of aryl methyl sites for hydroxylation is 1. The fraction of sp³-hybridized carbons (Fsp3) is 0.0968. The second-order valence-corrected chi connectivity index (χ2v) is 10.1. The number of thioether (sulfide) groups is 1. The highest BCUT2D eigenvalue weighted by molar-refractivity contribution is 8.18. The van der Waals surface area contributed by atoms with Crippen molar-refractivity contribution in [1.82, 2.24) is 9.47 Å². The molecule has 1 fully saturated rings. The Morgan fingerprint density at radius 2 is 1.44 bits per heavy atom. The van der Waals surface area contributed by atoms with Crippen LogP contribution >= 0.6 is 11.8 Å². The SMILES string of the molecule is Cc1ccccc1CN1C(=O)S/C(=C\c2cn(Cc3cccc4ccccc34)c3ccccc23)C1=O. The second-order valence-electron chi connectivity index (χ2n) is 9.06. The molecule has 0 spiro atoms. The van der Waals surface area contributed by atoms with Gasteiger partial charge in [-0.25, -0.2) is 0 Å². The number of para-hydroxylation sites is 1. The van der Waals surface area contributed by atoms with Crippen LogP contribution in [0.1, 0.15) is 22.3 Å². The van der Waals surface area contributed by atoms with Gasteiger partial charge in [-0.3, -0.25) is 14.5 Å². The molecule has 1 saturated heterocycles. The molecule has 2 amide bonds. The predicted molar refractivity (Wildman–Crippen MR) is 148 cm³/mol. The van der Waals surface area contributed by atoms with Crippen LogP contribution < -0.4 is 0 Å². The first-order valence-corrected chi connectivity index (χ1v) is 12.7. The van der Waals surface area contributed by atoms with Gasteiger partial charge in [0.05, 0.1) is 11.4 Å². The maximum atomic E-state index is 13.2. The average Bonchev–Trinajstić information content (AvgIpc) is 3.37. The number of amides is 2. The van der Waals surface area contributed by atoms with Crippen molar-refractivity contribution in [3.8, 4) is 0 Å². The second kappa shape index (κ2) is 9.17. The normalized spacial score (nSPS) is 15.0. The minimum absolute atomic E-state index is 0.228. The van der Waals surface area contributed by atoms with Gasteiger partial charge in [0.1, 0.15) is 0 Å². The van der Waals surface area contributed by atoms with E-state index in [1.807, 2.05) is 49.4 Å². The molecular weight excluding hydrogens is 464 g/mol. The topological polar surface area (TPSA) is 42.3 Å². The highest BCUT2D eigenvalue weighted by Crippen LogP contribution is 2.35. The first-order valence-electron chi connectivity index (χ1n) is 11.9. The molecule has 1 aliphatic rings. The van der Waals surface area contributed by atoms with Crippen LogP contribution in [0.25, 0.3) is 27.8 Å². The van der Waals surface area contributed by atoms with E-state index in [2.05, 4.69) is 65.4 Å². The molecule has 2 heterocycles. The molecule has 5 aromatic rings. The van der Waals surface area contributed by atoms with E-state index in [1.54, 1.807) is 0 Å². The number of benzene rings is 4. The van der Waals surface area contributed by atoms with Gasteiger partial charge in [0.15, 0.2) is 0 Å². The third-order valence-corrected chi connectivity index (χ3v) is 7.70. The number of rotatable bonds is 5.